The second-order valence-corrected chi connectivity index (χ2v) is 10.3. The van der Waals surface area contributed by atoms with E-state index in [-0.39, 0.29) is 0 Å². The van der Waals surface area contributed by atoms with Gasteiger partial charge in [0.05, 0.1) is 13.2 Å². The Balaban J connectivity index is 0. The zero-order valence-electron chi connectivity index (χ0n) is 20.1. The molecule has 0 aliphatic carbocycles. The van der Waals surface area contributed by atoms with E-state index >= 15 is 0 Å². The summed E-state index contributed by atoms with van der Waals surface area (Å²) in [6.07, 6.45) is 15.9. The lowest BCUT2D eigenvalue weighted by Crippen LogP contribution is -2.03. The van der Waals surface area contributed by atoms with Gasteiger partial charge in [0.25, 0.3) is 0 Å². The van der Waals surface area contributed by atoms with Gasteiger partial charge in [0.2, 0.25) is 0 Å². The second kappa shape index (κ2) is 21.0. The molecule has 6 nitrogen and oxygen atoms in total. The van der Waals surface area contributed by atoms with E-state index < -0.39 is 0 Å². The molecule has 0 bridgehead atoms. The molecule has 6 heteroatoms. The van der Waals surface area contributed by atoms with E-state index in [1.807, 2.05) is 0 Å². The van der Waals surface area contributed by atoms with Gasteiger partial charge in [-0.15, -0.1) is 0 Å². The monoisotopic (exact) mass is 422 g/mol. The minimum Gasteiger partial charge on any atom is -0.221 e. The Labute approximate surface area is 180 Å². The lowest BCUT2D eigenvalue weighted by molar-refractivity contribution is -0.490. The van der Waals surface area contributed by atoms with Gasteiger partial charge in [-0.05, 0) is 36.5 Å². The molecular weight excluding hydrogens is 372 g/mol. The molecule has 0 aromatic rings. The fourth-order valence-corrected chi connectivity index (χ4v) is 2.94. The Kier molecular flexibility index (Phi) is 22.4. The van der Waals surface area contributed by atoms with Crippen molar-refractivity contribution in [3.05, 3.63) is 0 Å². The van der Waals surface area contributed by atoms with E-state index in [1.165, 1.54) is 57.8 Å². The molecule has 0 aliphatic heterocycles. The van der Waals surface area contributed by atoms with Gasteiger partial charge in [-0.25, -0.2) is 20.3 Å². The molecule has 0 unspecified atom stereocenters. The van der Waals surface area contributed by atoms with Crippen LogP contribution in [0.4, 0.5) is 0 Å². The van der Waals surface area contributed by atoms with E-state index in [9.17, 15) is 0 Å². The van der Waals surface area contributed by atoms with Gasteiger partial charge in [-0.3, -0.25) is 0 Å². The van der Waals surface area contributed by atoms with Gasteiger partial charge in [-0.2, -0.15) is 0 Å². The zero-order valence-corrected chi connectivity index (χ0v) is 20.1. The van der Waals surface area contributed by atoms with Crippen molar-refractivity contribution in [2.75, 3.05) is 13.2 Å². The molecule has 0 rings (SSSR count). The lowest BCUT2D eigenvalue weighted by atomic mass is 9.89. The smallest absolute Gasteiger partial charge is 0.0853 e. The highest BCUT2D eigenvalue weighted by molar-refractivity contribution is 4.61. The molecule has 2 N–H and O–H groups in total. The molecule has 0 amide bonds. The molecule has 0 saturated carbocycles. The van der Waals surface area contributed by atoms with Crippen molar-refractivity contribution in [3.8, 4) is 0 Å². The van der Waals surface area contributed by atoms with Crippen molar-refractivity contribution in [1.29, 1.82) is 0 Å². The fourth-order valence-electron chi connectivity index (χ4n) is 2.94. The summed E-state index contributed by atoms with van der Waals surface area (Å²) < 4.78 is 0. The van der Waals surface area contributed by atoms with Crippen molar-refractivity contribution in [3.63, 3.8) is 0 Å². The quantitative estimate of drug-likeness (QED) is 0.140. The van der Waals surface area contributed by atoms with Crippen LogP contribution in [0.25, 0.3) is 0 Å². The largest absolute Gasteiger partial charge is 0.221 e. The summed E-state index contributed by atoms with van der Waals surface area (Å²) in [4.78, 5) is 8.71. The maximum absolute atomic E-state index is 7.89. The van der Waals surface area contributed by atoms with Gasteiger partial charge in [0, 0.05) is 0 Å². The van der Waals surface area contributed by atoms with Crippen molar-refractivity contribution in [2.45, 2.75) is 125 Å². The van der Waals surface area contributed by atoms with Crippen LogP contribution in [0.3, 0.4) is 0 Å². The maximum Gasteiger partial charge on any atom is 0.0853 e. The molecule has 29 heavy (non-hydrogen) atoms. The van der Waals surface area contributed by atoms with Gasteiger partial charge in [0.15, 0.2) is 0 Å². The Morgan fingerprint density at radius 3 is 1.00 bits per heavy atom. The van der Waals surface area contributed by atoms with Crippen LogP contribution in [0.15, 0.2) is 0 Å². The van der Waals surface area contributed by atoms with Gasteiger partial charge < -0.3 is 0 Å². The third kappa shape index (κ3) is 35.6. The molecule has 0 radical (unpaired) electrons. The van der Waals surface area contributed by atoms with Crippen LogP contribution in [0.1, 0.15) is 125 Å². The molecule has 0 saturated heterocycles. The lowest BCUT2D eigenvalue weighted by Gasteiger charge is -2.17. The first-order valence-electron chi connectivity index (χ1n) is 11.5. The SMILES string of the molecule is CC(C)(C)CCCCCCCCOOO.CC(C)(C)CCCCCCCOOO. The Hall–Kier alpha value is -0.240. The first kappa shape index (κ1) is 30.9. The third-order valence-corrected chi connectivity index (χ3v) is 4.66. The normalized spacial score (nSPS) is 12.0. The minimum absolute atomic E-state index is 0.466. The fraction of sp³-hybridized carbons (Fsp3) is 1.00. The van der Waals surface area contributed by atoms with Crippen LogP contribution < -0.4 is 0 Å². The van der Waals surface area contributed by atoms with Gasteiger partial charge in [0.1, 0.15) is 0 Å². The standard InChI is InChI=1S/C12H26O3.C11H24O3/c1-12(2,3)10-8-6-4-5-7-9-11-14-15-13;1-11(2,3)9-7-5-4-6-8-10-13-14-12/h13H,4-11H2,1-3H3;12H,4-10H2,1-3H3. The maximum atomic E-state index is 7.89. The van der Waals surface area contributed by atoms with Crippen LogP contribution in [-0.4, -0.2) is 23.7 Å². The molecule has 0 aliphatic rings. The van der Waals surface area contributed by atoms with E-state index in [1.54, 1.807) is 0 Å². The third-order valence-electron chi connectivity index (χ3n) is 4.66. The van der Waals surface area contributed by atoms with E-state index in [0.717, 1.165) is 25.7 Å². The second-order valence-electron chi connectivity index (χ2n) is 10.3. The summed E-state index contributed by atoms with van der Waals surface area (Å²) >= 11 is 0. The Morgan fingerprint density at radius 2 is 0.724 bits per heavy atom. The first-order chi connectivity index (χ1) is 13.6. The molecule has 0 aromatic carbocycles. The topological polar surface area (TPSA) is 77.4 Å². The van der Waals surface area contributed by atoms with Crippen LogP contribution in [0.5, 0.6) is 0 Å². The summed E-state index contributed by atoms with van der Waals surface area (Å²) in [6.45, 7) is 14.7. The molecular formula is C23H50O6. The molecule has 0 atom stereocenters. The minimum atomic E-state index is 0.466. The van der Waals surface area contributed by atoms with Crippen LogP contribution >= 0.6 is 0 Å². The summed E-state index contributed by atoms with van der Waals surface area (Å²) in [5.41, 5.74) is 0.945. The highest BCUT2D eigenvalue weighted by atomic mass is 17.5. The predicted molar refractivity (Wildman–Crippen MR) is 118 cm³/mol. The summed E-state index contributed by atoms with van der Waals surface area (Å²) in [7, 11) is 0. The average molecular weight is 423 g/mol. The van der Waals surface area contributed by atoms with Crippen molar-refractivity contribution in [1.82, 2.24) is 0 Å². The molecule has 0 fully saturated rings. The van der Waals surface area contributed by atoms with E-state index in [2.05, 4.69) is 61.4 Å². The van der Waals surface area contributed by atoms with Crippen LogP contribution in [-0.2, 0) is 19.9 Å². The van der Waals surface area contributed by atoms with Crippen molar-refractivity contribution >= 4 is 0 Å². The van der Waals surface area contributed by atoms with Gasteiger partial charge in [-0.1, -0.05) is 109 Å². The predicted octanol–water partition coefficient (Wildman–Crippen LogP) is 7.98. The van der Waals surface area contributed by atoms with E-state index in [4.69, 9.17) is 10.5 Å². The number of hydrogen-bond donors (Lipinski definition) is 2. The van der Waals surface area contributed by atoms with Crippen molar-refractivity contribution in [2.24, 2.45) is 10.8 Å². The average Bonchev–Trinajstić information content (AvgIpc) is 2.61. The van der Waals surface area contributed by atoms with Crippen LogP contribution in [0.2, 0.25) is 0 Å². The van der Waals surface area contributed by atoms with E-state index in [0.29, 0.717) is 24.0 Å². The first-order valence-corrected chi connectivity index (χ1v) is 11.5. The molecule has 0 aromatic heterocycles. The number of hydrogen-bond acceptors (Lipinski definition) is 6. The zero-order chi connectivity index (χ0) is 22.4. The summed E-state index contributed by atoms with van der Waals surface area (Å²) in [5.74, 6) is 0. The number of unbranched alkanes of at least 4 members (excludes halogenated alkanes) is 9. The highest BCUT2D eigenvalue weighted by Crippen LogP contribution is 2.23. The van der Waals surface area contributed by atoms with Crippen molar-refractivity contribution < 1.29 is 30.4 Å². The van der Waals surface area contributed by atoms with Crippen LogP contribution in [0, 0.1) is 10.8 Å². The highest BCUT2D eigenvalue weighted by Gasteiger charge is 2.09. The molecule has 178 valence electrons. The Morgan fingerprint density at radius 1 is 0.448 bits per heavy atom. The molecule has 0 heterocycles. The summed E-state index contributed by atoms with van der Waals surface area (Å²) in [5, 5.41) is 22.8. The molecule has 0 spiro atoms. The summed E-state index contributed by atoms with van der Waals surface area (Å²) in [6, 6.07) is 0. The number of rotatable bonds is 17. The van der Waals surface area contributed by atoms with Gasteiger partial charge >= 0.3 is 0 Å². The Bertz CT molecular complexity index is 309.